The fraction of sp³-hybridized carbons (Fsp3) is 1.00. The lowest BCUT2D eigenvalue weighted by Gasteiger charge is -2.35. The van der Waals surface area contributed by atoms with Gasteiger partial charge in [-0.05, 0) is 26.7 Å². The Morgan fingerprint density at radius 2 is 2.18 bits per heavy atom. The SMILES string of the molecule is CC1(C)O[C@H]2CCCO[C@]2(COS(N)(=O)=O)O1. The fourth-order valence-corrected chi connectivity index (χ4v) is 2.51. The minimum absolute atomic E-state index is 0.292. The average Bonchev–Trinajstić information content (AvgIpc) is 2.44. The highest BCUT2D eigenvalue weighted by atomic mass is 32.2. The zero-order valence-corrected chi connectivity index (χ0v) is 10.7. The highest BCUT2D eigenvalue weighted by molar-refractivity contribution is 7.84. The largest absolute Gasteiger partial charge is 0.346 e. The van der Waals surface area contributed by atoms with E-state index in [0.717, 1.165) is 12.8 Å². The summed E-state index contributed by atoms with van der Waals surface area (Å²) in [5.74, 6) is -2.00. The molecule has 100 valence electrons. The smallest absolute Gasteiger partial charge is 0.333 e. The Kier molecular flexibility index (Phi) is 3.22. The minimum atomic E-state index is -4.02. The second-order valence-corrected chi connectivity index (χ2v) is 5.89. The van der Waals surface area contributed by atoms with E-state index < -0.39 is 21.9 Å². The molecule has 2 aliphatic heterocycles. The lowest BCUT2D eigenvalue weighted by molar-refractivity contribution is -0.274. The van der Waals surface area contributed by atoms with Crippen LogP contribution in [0.5, 0.6) is 0 Å². The highest BCUT2D eigenvalue weighted by Gasteiger charge is 2.56. The first-order chi connectivity index (χ1) is 7.73. The molecule has 2 atom stereocenters. The van der Waals surface area contributed by atoms with Gasteiger partial charge in [-0.3, -0.25) is 4.18 Å². The van der Waals surface area contributed by atoms with Crippen molar-refractivity contribution in [2.24, 2.45) is 5.14 Å². The molecule has 7 nitrogen and oxygen atoms in total. The third-order valence-electron chi connectivity index (χ3n) is 2.72. The molecular weight excluding hydrogens is 250 g/mol. The Morgan fingerprint density at radius 3 is 2.82 bits per heavy atom. The normalized spacial score (nSPS) is 36.8. The van der Waals surface area contributed by atoms with Crippen molar-refractivity contribution in [1.82, 2.24) is 0 Å². The molecule has 8 heteroatoms. The summed E-state index contributed by atoms with van der Waals surface area (Å²) >= 11 is 0. The molecule has 2 fully saturated rings. The average molecular weight is 267 g/mol. The van der Waals surface area contributed by atoms with E-state index in [1.807, 2.05) is 0 Å². The molecule has 2 aliphatic rings. The van der Waals surface area contributed by atoms with Crippen LogP contribution < -0.4 is 5.14 Å². The van der Waals surface area contributed by atoms with Gasteiger partial charge in [-0.25, -0.2) is 5.14 Å². The molecule has 0 unspecified atom stereocenters. The van der Waals surface area contributed by atoms with Crippen molar-refractivity contribution in [3.05, 3.63) is 0 Å². The summed E-state index contributed by atoms with van der Waals surface area (Å²) < 4.78 is 43.1. The van der Waals surface area contributed by atoms with Crippen LogP contribution in [0, 0.1) is 0 Å². The van der Waals surface area contributed by atoms with Crippen LogP contribution >= 0.6 is 0 Å². The molecule has 0 amide bonds. The van der Waals surface area contributed by atoms with E-state index in [1.165, 1.54) is 0 Å². The first-order valence-electron chi connectivity index (χ1n) is 5.42. The van der Waals surface area contributed by atoms with E-state index in [-0.39, 0.29) is 12.7 Å². The molecular formula is C9H17NO6S. The van der Waals surface area contributed by atoms with Crippen LogP contribution in [0.2, 0.25) is 0 Å². The Balaban J connectivity index is 2.14. The van der Waals surface area contributed by atoms with Gasteiger partial charge < -0.3 is 14.2 Å². The van der Waals surface area contributed by atoms with Crippen molar-refractivity contribution in [3.8, 4) is 0 Å². The Labute approximate surface area is 100 Å². The molecule has 0 aromatic carbocycles. The minimum Gasteiger partial charge on any atom is -0.346 e. The van der Waals surface area contributed by atoms with Crippen LogP contribution in [0.25, 0.3) is 0 Å². The highest BCUT2D eigenvalue weighted by Crippen LogP contribution is 2.42. The van der Waals surface area contributed by atoms with Crippen molar-refractivity contribution in [3.63, 3.8) is 0 Å². The molecule has 0 radical (unpaired) electrons. The molecule has 0 saturated carbocycles. The maximum atomic E-state index is 10.8. The molecule has 0 bridgehead atoms. The zero-order valence-electron chi connectivity index (χ0n) is 9.84. The number of rotatable bonds is 3. The molecule has 2 N–H and O–H groups in total. The summed E-state index contributed by atoms with van der Waals surface area (Å²) in [7, 11) is -4.02. The van der Waals surface area contributed by atoms with Gasteiger partial charge in [-0.15, -0.1) is 0 Å². The lowest BCUT2D eigenvalue weighted by Crippen LogP contribution is -2.51. The van der Waals surface area contributed by atoms with Crippen molar-refractivity contribution < 1.29 is 26.8 Å². The maximum Gasteiger partial charge on any atom is 0.333 e. The molecule has 2 heterocycles. The Morgan fingerprint density at radius 1 is 1.47 bits per heavy atom. The first kappa shape index (κ1) is 13.2. The lowest BCUT2D eigenvalue weighted by atomic mass is 10.0. The monoisotopic (exact) mass is 267 g/mol. The Hall–Kier alpha value is -0.250. The second kappa shape index (κ2) is 4.15. The van der Waals surface area contributed by atoms with Gasteiger partial charge in [0.2, 0.25) is 5.79 Å². The van der Waals surface area contributed by atoms with Gasteiger partial charge in [0.1, 0.15) is 12.7 Å². The maximum absolute atomic E-state index is 10.8. The van der Waals surface area contributed by atoms with Crippen LogP contribution in [0.1, 0.15) is 26.7 Å². The van der Waals surface area contributed by atoms with Crippen LogP contribution in [0.15, 0.2) is 0 Å². The number of fused-ring (bicyclic) bond motifs is 1. The van der Waals surface area contributed by atoms with Gasteiger partial charge >= 0.3 is 10.3 Å². The predicted octanol–water partition coefficient (Wildman–Crippen LogP) is -0.135. The first-order valence-corrected chi connectivity index (χ1v) is 6.89. The van der Waals surface area contributed by atoms with Crippen molar-refractivity contribution in [2.75, 3.05) is 13.2 Å². The molecule has 17 heavy (non-hydrogen) atoms. The number of hydrogen-bond donors (Lipinski definition) is 1. The molecule has 2 rings (SSSR count). The summed E-state index contributed by atoms with van der Waals surface area (Å²) in [5.41, 5.74) is 0. The summed E-state index contributed by atoms with van der Waals surface area (Å²) in [5, 5.41) is 4.80. The van der Waals surface area contributed by atoms with E-state index in [1.54, 1.807) is 13.8 Å². The van der Waals surface area contributed by atoms with E-state index in [9.17, 15) is 8.42 Å². The standard InChI is InChI=1S/C9H17NO6S/c1-8(2)15-7-4-3-5-13-9(7,16-8)6-14-17(10,11)12/h7H,3-6H2,1-2H3,(H2,10,11,12)/t7-,9+/m0/s1. The van der Waals surface area contributed by atoms with Crippen molar-refractivity contribution >= 4 is 10.3 Å². The van der Waals surface area contributed by atoms with E-state index >= 15 is 0 Å². The van der Waals surface area contributed by atoms with Gasteiger partial charge in [0.15, 0.2) is 5.79 Å². The Bertz CT molecular complexity index is 394. The summed E-state index contributed by atoms with van der Waals surface area (Å²) in [6, 6.07) is 0. The molecule has 2 saturated heterocycles. The number of nitrogens with two attached hydrogens (primary N) is 1. The van der Waals surface area contributed by atoms with Crippen LogP contribution in [-0.2, 0) is 28.7 Å². The predicted molar refractivity (Wildman–Crippen MR) is 57.0 cm³/mol. The summed E-state index contributed by atoms with van der Waals surface area (Å²) in [6.07, 6.45) is 1.23. The van der Waals surface area contributed by atoms with Gasteiger partial charge in [0.05, 0.1) is 6.61 Å². The van der Waals surface area contributed by atoms with Crippen LogP contribution in [0.4, 0.5) is 0 Å². The van der Waals surface area contributed by atoms with Crippen molar-refractivity contribution in [2.45, 2.75) is 44.4 Å². The van der Waals surface area contributed by atoms with Crippen molar-refractivity contribution in [1.29, 1.82) is 0 Å². The molecule has 0 aromatic heterocycles. The van der Waals surface area contributed by atoms with Gasteiger partial charge in [0.25, 0.3) is 0 Å². The van der Waals surface area contributed by atoms with Crippen LogP contribution in [0.3, 0.4) is 0 Å². The van der Waals surface area contributed by atoms with Gasteiger partial charge in [-0.2, -0.15) is 8.42 Å². The zero-order chi connectivity index (χ0) is 12.7. The fourth-order valence-electron chi connectivity index (χ4n) is 2.18. The summed E-state index contributed by atoms with van der Waals surface area (Å²) in [6.45, 7) is 3.67. The summed E-state index contributed by atoms with van der Waals surface area (Å²) in [4.78, 5) is 0. The third kappa shape index (κ3) is 2.95. The number of hydrogen-bond acceptors (Lipinski definition) is 6. The van der Waals surface area contributed by atoms with Gasteiger partial charge in [-0.1, -0.05) is 0 Å². The quantitative estimate of drug-likeness (QED) is 0.764. The molecule has 0 aromatic rings. The second-order valence-electron chi connectivity index (χ2n) is 4.67. The van der Waals surface area contributed by atoms with E-state index in [2.05, 4.69) is 4.18 Å². The van der Waals surface area contributed by atoms with E-state index in [4.69, 9.17) is 19.3 Å². The topological polar surface area (TPSA) is 97.1 Å². The molecule has 0 spiro atoms. The van der Waals surface area contributed by atoms with E-state index in [0.29, 0.717) is 6.61 Å². The third-order valence-corrected chi connectivity index (χ3v) is 3.16. The molecule has 0 aliphatic carbocycles. The van der Waals surface area contributed by atoms with Gasteiger partial charge in [0, 0.05) is 0 Å². The number of ether oxygens (including phenoxy) is 3. The van der Waals surface area contributed by atoms with Crippen LogP contribution in [-0.4, -0.2) is 39.3 Å².